The Morgan fingerprint density at radius 3 is 2.70 bits per heavy atom. The fourth-order valence-corrected chi connectivity index (χ4v) is 1.78. The lowest BCUT2D eigenvalue weighted by Crippen LogP contribution is -2.23. The number of nitrogens with zero attached hydrogens (tertiary/aromatic N) is 2. The number of aromatic nitrogens is 1. The molecule has 0 fully saturated rings. The average Bonchev–Trinajstić information content (AvgIpc) is 2.47. The van der Waals surface area contributed by atoms with Crippen molar-refractivity contribution in [3.63, 3.8) is 0 Å². The summed E-state index contributed by atoms with van der Waals surface area (Å²) in [6, 6.07) is 8.11. The zero-order valence-corrected chi connectivity index (χ0v) is 11.2. The van der Waals surface area contributed by atoms with Gasteiger partial charge < -0.3 is 14.8 Å². The van der Waals surface area contributed by atoms with Gasteiger partial charge in [-0.2, -0.15) is 0 Å². The van der Waals surface area contributed by atoms with Crippen molar-refractivity contribution in [1.29, 1.82) is 0 Å². The lowest BCUT2D eigenvalue weighted by atomic mass is 10.2. The highest BCUT2D eigenvalue weighted by Gasteiger charge is 2.08. The molecule has 20 heavy (non-hydrogen) atoms. The Hall–Kier alpha value is -2.25. The number of nitro groups is 1. The molecule has 1 aromatic heterocycles. The van der Waals surface area contributed by atoms with E-state index in [2.05, 4.69) is 10.3 Å². The maximum absolute atomic E-state index is 10.7. The molecule has 0 saturated heterocycles. The molecule has 1 N–H and O–H groups in total. The summed E-state index contributed by atoms with van der Waals surface area (Å²) in [5.41, 5.74) is 0.742. The van der Waals surface area contributed by atoms with Crippen molar-refractivity contribution < 1.29 is 14.4 Å². The lowest BCUT2D eigenvalue weighted by molar-refractivity contribution is -0.384. The van der Waals surface area contributed by atoms with Crippen LogP contribution in [0.15, 0.2) is 30.3 Å². The zero-order chi connectivity index (χ0) is 14.5. The number of nitrogens with one attached hydrogen (secondary N) is 1. The van der Waals surface area contributed by atoms with E-state index in [-0.39, 0.29) is 12.0 Å². The monoisotopic (exact) mass is 277 g/mol. The Bertz CT molecular complexity index is 614. The molecule has 2 rings (SSSR count). The van der Waals surface area contributed by atoms with Gasteiger partial charge in [0.2, 0.25) is 0 Å². The van der Waals surface area contributed by atoms with Crippen LogP contribution >= 0.6 is 0 Å². The van der Waals surface area contributed by atoms with Crippen LogP contribution in [0.3, 0.4) is 0 Å². The fraction of sp³-hybridized carbons (Fsp3) is 0.308. The minimum Gasteiger partial charge on any atom is -0.365 e. The number of nitro benzene ring substituents is 1. The molecule has 2 aromatic rings. The van der Waals surface area contributed by atoms with Crippen LogP contribution < -0.4 is 5.32 Å². The maximum Gasteiger partial charge on any atom is 0.270 e. The summed E-state index contributed by atoms with van der Waals surface area (Å²) in [6.45, 7) is 0.457. The number of hydrogen-bond donors (Lipinski definition) is 1. The van der Waals surface area contributed by atoms with Gasteiger partial charge in [0.1, 0.15) is 5.82 Å². The molecule has 7 heteroatoms. The fourth-order valence-electron chi connectivity index (χ4n) is 1.78. The first-order valence-electron chi connectivity index (χ1n) is 5.98. The van der Waals surface area contributed by atoms with Crippen molar-refractivity contribution in [2.45, 2.75) is 6.29 Å². The molecule has 0 saturated carbocycles. The van der Waals surface area contributed by atoms with Crippen LogP contribution in [0.1, 0.15) is 0 Å². The Labute approximate surface area is 115 Å². The Kier molecular flexibility index (Phi) is 4.44. The second-order valence-corrected chi connectivity index (χ2v) is 4.11. The van der Waals surface area contributed by atoms with Crippen molar-refractivity contribution in [2.75, 3.05) is 26.1 Å². The Balaban J connectivity index is 2.17. The molecular formula is C13H15N3O4. The highest BCUT2D eigenvalue weighted by molar-refractivity contribution is 5.82. The van der Waals surface area contributed by atoms with Crippen molar-refractivity contribution in [3.05, 3.63) is 40.4 Å². The third kappa shape index (κ3) is 3.19. The van der Waals surface area contributed by atoms with Gasteiger partial charge in [0.25, 0.3) is 5.69 Å². The van der Waals surface area contributed by atoms with E-state index in [0.29, 0.717) is 17.9 Å². The Morgan fingerprint density at radius 1 is 1.30 bits per heavy atom. The highest BCUT2D eigenvalue weighted by atomic mass is 16.7. The smallest absolute Gasteiger partial charge is 0.270 e. The van der Waals surface area contributed by atoms with Gasteiger partial charge in [-0.25, -0.2) is 4.98 Å². The van der Waals surface area contributed by atoms with Crippen molar-refractivity contribution in [1.82, 2.24) is 4.98 Å². The van der Waals surface area contributed by atoms with Crippen LogP contribution in [0.25, 0.3) is 10.9 Å². The van der Waals surface area contributed by atoms with Crippen LogP contribution in [0.5, 0.6) is 0 Å². The lowest BCUT2D eigenvalue weighted by Gasteiger charge is -2.14. The largest absolute Gasteiger partial charge is 0.365 e. The summed E-state index contributed by atoms with van der Waals surface area (Å²) in [5.74, 6) is 0.658. The van der Waals surface area contributed by atoms with Crippen LogP contribution in [0.4, 0.5) is 11.5 Å². The molecule has 1 heterocycles. The number of benzene rings is 1. The van der Waals surface area contributed by atoms with Gasteiger partial charge >= 0.3 is 0 Å². The molecule has 106 valence electrons. The van der Waals surface area contributed by atoms with E-state index < -0.39 is 4.92 Å². The van der Waals surface area contributed by atoms with E-state index in [1.165, 1.54) is 12.1 Å². The minimum absolute atomic E-state index is 0.0545. The van der Waals surface area contributed by atoms with Gasteiger partial charge in [0.05, 0.1) is 17.0 Å². The normalized spacial score (nSPS) is 10.9. The second kappa shape index (κ2) is 6.27. The average molecular weight is 277 g/mol. The highest BCUT2D eigenvalue weighted by Crippen LogP contribution is 2.21. The molecule has 7 nitrogen and oxygen atoms in total. The van der Waals surface area contributed by atoms with Crippen LogP contribution in [0.2, 0.25) is 0 Å². The number of anilines is 1. The number of hydrogen-bond acceptors (Lipinski definition) is 6. The molecule has 0 atom stereocenters. The van der Waals surface area contributed by atoms with Gasteiger partial charge in [0.15, 0.2) is 6.29 Å². The zero-order valence-electron chi connectivity index (χ0n) is 11.2. The summed E-state index contributed by atoms with van der Waals surface area (Å²) in [7, 11) is 3.12. The van der Waals surface area contributed by atoms with Gasteiger partial charge in [-0.1, -0.05) is 0 Å². The predicted octanol–water partition coefficient (Wildman–Crippen LogP) is 2.17. The van der Waals surface area contributed by atoms with Crippen molar-refractivity contribution in [3.8, 4) is 0 Å². The summed E-state index contributed by atoms with van der Waals surface area (Å²) >= 11 is 0. The molecule has 1 aromatic carbocycles. The molecule has 0 bridgehead atoms. The van der Waals surface area contributed by atoms with Crippen LogP contribution in [-0.2, 0) is 9.47 Å². The number of non-ortho nitro benzene ring substituents is 1. The van der Waals surface area contributed by atoms with E-state index >= 15 is 0 Å². The van der Waals surface area contributed by atoms with E-state index in [0.717, 1.165) is 5.39 Å². The molecule has 0 unspecified atom stereocenters. The van der Waals surface area contributed by atoms with Gasteiger partial charge in [-0.3, -0.25) is 10.1 Å². The van der Waals surface area contributed by atoms with Gasteiger partial charge in [0, 0.05) is 31.7 Å². The summed E-state index contributed by atoms with van der Waals surface area (Å²) in [6.07, 6.45) is -0.357. The van der Waals surface area contributed by atoms with E-state index in [9.17, 15) is 10.1 Å². The third-order valence-corrected chi connectivity index (χ3v) is 2.86. The van der Waals surface area contributed by atoms with E-state index in [1.54, 1.807) is 32.4 Å². The number of rotatable bonds is 6. The van der Waals surface area contributed by atoms with Crippen molar-refractivity contribution >= 4 is 22.4 Å². The SMILES string of the molecule is COC(CNc1ccc2cc([N+](=O)[O-])ccc2n1)OC. The standard InChI is InChI=1S/C13H15N3O4/c1-19-13(20-2)8-14-12-6-3-9-7-10(16(17)18)4-5-11(9)15-12/h3-7,13H,8H2,1-2H3,(H,14,15). The van der Waals surface area contributed by atoms with E-state index in [1.807, 2.05) is 0 Å². The van der Waals surface area contributed by atoms with Crippen LogP contribution in [0, 0.1) is 10.1 Å². The first-order valence-corrected chi connectivity index (χ1v) is 5.98. The van der Waals surface area contributed by atoms with Gasteiger partial charge in [-0.05, 0) is 18.2 Å². The third-order valence-electron chi connectivity index (χ3n) is 2.86. The summed E-state index contributed by atoms with van der Waals surface area (Å²) in [5, 5.41) is 14.5. The molecule has 0 amide bonds. The Morgan fingerprint density at radius 2 is 2.05 bits per heavy atom. The topological polar surface area (TPSA) is 86.5 Å². The maximum atomic E-state index is 10.7. The second-order valence-electron chi connectivity index (χ2n) is 4.11. The molecule has 0 radical (unpaired) electrons. The van der Waals surface area contributed by atoms with Crippen molar-refractivity contribution in [2.24, 2.45) is 0 Å². The van der Waals surface area contributed by atoms with Crippen LogP contribution in [-0.4, -0.2) is 37.0 Å². The molecule has 0 aliphatic carbocycles. The van der Waals surface area contributed by atoms with Gasteiger partial charge in [-0.15, -0.1) is 0 Å². The quantitative estimate of drug-likeness (QED) is 0.494. The first-order chi connectivity index (χ1) is 9.63. The summed E-state index contributed by atoms with van der Waals surface area (Å²) in [4.78, 5) is 14.6. The number of fused-ring (bicyclic) bond motifs is 1. The minimum atomic E-state index is -0.423. The number of methoxy groups -OCH3 is 2. The molecule has 0 aliphatic rings. The number of pyridine rings is 1. The van der Waals surface area contributed by atoms with E-state index in [4.69, 9.17) is 9.47 Å². The molecular weight excluding hydrogens is 262 g/mol. The molecule has 0 aliphatic heterocycles. The predicted molar refractivity (Wildman–Crippen MR) is 74.7 cm³/mol. The molecule has 0 spiro atoms. The number of ether oxygens (including phenoxy) is 2. The first kappa shape index (κ1) is 14.2. The summed E-state index contributed by atoms with van der Waals surface area (Å²) < 4.78 is 10.1.